The third-order valence-electron chi connectivity index (χ3n) is 2.84. The third-order valence-corrected chi connectivity index (χ3v) is 2.84. The summed E-state index contributed by atoms with van der Waals surface area (Å²) in [5.74, 6) is -0.276. The number of amides is 1. The summed E-state index contributed by atoms with van der Waals surface area (Å²) in [6.07, 6.45) is 5.24. The van der Waals surface area contributed by atoms with Crippen molar-refractivity contribution in [3.05, 3.63) is 18.6 Å². The Hall–Kier alpha value is -1.78. The van der Waals surface area contributed by atoms with Crippen LogP contribution in [0.5, 0.6) is 0 Å². The molecule has 1 aliphatic heterocycles. The van der Waals surface area contributed by atoms with Crippen molar-refractivity contribution in [2.24, 2.45) is 5.92 Å². The minimum Gasteiger partial charge on any atom is -0.252 e. The summed E-state index contributed by atoms with van der Waals surface area (Å²) in [6.45, 7) is 4.28. The molecule has 1 amide bonds. The lowest BCUT2D eigenvalue weighted by Gasteiger charge is -2.23. The van der Waals surface area contributed by atoms with Crippen LogP contribution in [0.25, 0.3) is 0 Å². The Morgan fingerprint density at radius 2 is 2.19 bits per heavy atom. The molecular weight excluding hydrogens is 206 g/mol. The number of hydrogen-bond donors (Lipinski definition) is 0. The molecule has 16 heavy (non-hydrogen) atoms. The van der Waals surface area contributed by atoms with Gasteiger partial charge in [-0.1, -0.05) is 6.92 Å². The van der Waals surface area contributed by atoms with Crippen molar-refractivity contribution in [3.8, 4) is 0 Å². The van der Waals surface area contributed by atoms with Gasteiger partial charge in [0.2, 0.25) is 0 Å². The highest BCUT2D eigenvalue weighted by Crippen LogP contribution is 2.19. The van der Waals surface area contributed by atoms with E-state index in [0.717, 1.165) is 0 Å². The van der Waals surface area contributed by atoms with Crippen LogP contribution in [0, 0.1) is 5.92 Å². The van der Waals surface area contributed by atoms with E-state index >= 15 is 0 Å². The molecule has 5 heteroatoms. The van der Waals surface area contributed by atoms with Crippen molar-refractivity contribution in [3.63, 3.8) is 0 Å². The molecule has 2 rings (SSSR count). The van der Waals surface area contributed by atoms with E-state index in [-0.39, 0.29) is 11.8 Å². The molecule has 0 bridgehead atoms. The van der Waals surface area contributed by atoms with Crippen LogP contribution in [0.15, 0.2) is 18.6 Å². The van der Waals surface area contributed by atoms with Gasteiger partial charge in [-0.3, -0.25) is 4.98 Å². The molecule has 1 aromatic heterocycles. The number of aromatic nitrogens is 2. The van der Waals surface area contributed by atoms with Crippen LogP contribution in [0.2, 0.25) is 0 Å². The molecule has 0 saturated carbocycles. The zero-order valence-corrected chi connectivity index (χ0v) is 9.38. The largest absolute Gasteiger partial charge is 0.329 e. The predicted molar refractivity (Wildman–Crippen MR) is 56.9 cm³/mol. The van der Waals surface area contributed by atoms with Crippen LogP contribution in [0.1, 0.15) is 25.1 Å². The SMILES string of the molecule is CCC1C(=O)N(CC)c2cncc[n+]2C1=O. The minimum absolute atomic E-state index is 0.122. The average Bonchev–Trinajstić information content (AvgIpc) is 2.30. The number of rotatable bonds is 2. The van der Waals surface area contributed by atoms with Crippen LogP contribution in [-0.4, -0.2) is 23.3 Å². The predicted octanol–water partition coefficient (Wildman–Crippen LogP) is 0.402. The summed E-state index contributed by atoms with van der Waals surface area (Å²) in [5.41, 5.74) is 0. The zero-order valence-electron chi connectivity index (χ0n) is 9.38. The molecular formula is C11H14N3O2+. The first-order valence-corrected chi connectivity index (χ1v) is 5.42. The van der Waals surface area contributed by atoms with Crippen molar-refractivity contribution < 1.29 is 14.2 Å². The van der Waals surface area contributed by atoms with Crippen LogP contribution < -0.4 is 9.47 Å². The first-order valence-electron chi connectivity index (χ1n) is 5.42. The Labute approximate surface area is 93.7 Å². The Balaban J connectivity index is 2.56. The first kappa shape index (κ1) is 10.7. The van der Waals surface area contributed by atoms with Gasteiger partial charge in [-0.05, 0) is 13.3 Å². The highest BCUT2D eigenvalue weighted by molar-refractivity contribution is 6.07. The quantitative estimate of drug-likeness (QED) is 0.535. The van der Waals surface area contributed by atoms with E-state index in [0.29, 0.717) is 18.8 Å². The minimum atomic E-state index is -0.556. The van der Waals surface area contributed by atoms with Crippen molar-refractivity contribution in [1.29, 1.82) is 0 Å². The van der Waals surface area contributed by atoms with E-state index in [9.17, 15) is 9.59 Å². The molecule has 0 saturated heterocycles. The normalized spacial score (nSPS) is 19.9. The summed E-state index contributed by atoms with van der Waals surface area (Å²) < 4.78 is 1.51. The molecule has 0 aliphatic carbocycles. The summed E-state index contributed by atoms with van der Waals surface area (Å²) >= 11 is 0. The van der Waals surface area contributed by atoms with Gasteiger partial charge >= 0.3 is 17.6 Å². The maximum atomic E-state index is 12.0. The smallest absolute Gasteiger partial charge is 0.252 e. The summed E-state index contributed by atoms with van der Waals surface area (Å²) in [4.78, 5) is 29.6. The molecule has 0 N–H and O–H groups in total. The molecule has 1 aliphatic rings. The standard InChI is InChI=1S/C11H14N3O2/c1-3-8-10(15)13(4-2)9-7-12-5-6-14(9)11(8)16/h5-8H,3-4H2,1-2H3/q+1. The highest BCUT2D eigenvalue weighted by atomic mass is 16.2. The van der Waals surface area contributed by atoms with Crippen LogP contribution in [0.4, 0.5) is 5.82 Å². The van der Waals surface area contributed by atoms with E-state index in [1.807, 2.05) is 13.8 Å². The second kappa shape index (κ2) is 4.00. The molecule has 0 fully saturated rings. The van der Waals surface area contributed by atoms with Crippen molar-refractivity contribution in [2.45, 2.75) is 20.3 Å². The zero-order chi connectivity index (χ0) is 11.7. The Kier molecular flexibility index (Phi) is 2.68. The molecule has 1 atom stereocenters. The van der Waals surface area contributed by atoms with Gasteiger partial charge in [0.1, 0.15) is 12.4 Å². The van der Waals surface area contributed by atoms with E-state index in [2.05, 4.69) is 4.98 Å². The molecule has 1 aromatic rings. The fraction of sp³-hybridized carbons (Fsp3) is 0.455. The molecule has 0 aromatic carbocycles. The monoisotopic (exact) mass is 220 g/mol. The van der Waals surface area contributed by atoms with Gasteiger partial charge in [-0.15, -0.1) is 0 Å². The van der Waals surface area contributed by atoms with Gasteiger partial charge in [0.15, 0.2) is 5.92 Å². The number of fused-ring (bicyclic) bond motifs is 1. The maximum Gasteiger partial charge on any atom is 0.329 e. The maximum absolute atomic E-state index is 12.0. The topological polar surface area (TPSA) is 54.2 Å². The Morgan fingerprint density at radius 3 is 2.81 bits per heavy atom. The van der Waals surface area contributed by atoms with Gasteiger partial charge in [0.05, 0.1) is 12.7 Å². The van der Waals surface area contributed by atoms with Crippen molar-refractivity contribution in [2.75, 3.05) is 11.4 Å². The molecule has 0 spiro atoms. The number of carbonyl (C=O) groups is 2. The number of nitrogens with zero attached hydrogens (tertiary/aromatic N) is 3. The Bertz CT molecular complexity index is 445. The fourth-order valence-electron chi connectivity index (χ4n) is 1.98. The van der Waals surface area contributed by atoms with Gasteiger partial charge in [0.25, 0.3) is 0 Å². The lowest BCUT2D eigenvalue weighted by molar-refractivity contribution is -0.565. The van der Waals surface area contributed by atoms with Crippen LogP contribution in [-0.2, 0) is 4.79 Å². The molecule has 0 radical (unpaired) electrons. The van der Waals surface area contributed by atoms with Gasteiger partial charge in [0, 0.05) is 0 Å². The molecule has 1 unspecified atom stereocenters. The summed E-state index contributed by atoms with van der Waals surface area (Å²) in [7, 11) is 0. The van der Waals surface area contributed by atoms with E-state index in [1.165, 1.54) is 4.57 Å². The van der Waals surface area contributed by atoms with E-state index in [4.69, 9.17) is 0 Å². The Morgan fingerprint density at radius 1 is 1.44 bits per heavy atom. The van der Waals surface area contributed by atoms with Gasteiger partial charge in [-0.2, -0.15) is 9.47 Å². The van der Waals surface area contributed by atoms with Crippen LogP contribution in [0.3, 0.4) is 0 Å². The van der Waals surface area contributed by atoms with E-state index in [1.54, 1.807) is 23.5 Å². The lowest BCUT2D eigenvalue weighted by atomic mass is 10.0. The lowest BCUT2D eigenvalue weighted by Crippen LogP contribution is -2.61. The highest BCUT2D eigenvalue weighted by Gasteiger charge is 2.44. The van der Waals surface area contributed by atoms with Gasteiger partial charge < -0.3 is 0 Å². The number of hydrogen-bond acceptors (Lipinski definition) is 3. The number of anilines is 1. The van der Waals surface area contributed by atoms with E-state index < -0.39 is 5.92 Å². The second-order valence-corrected chi connectivity index (χ2v) is 3.69. The molecule has 84 valence electrons. The first-order chi connectivity index (χ1) is 7.70. The van der Waals surface area contributed by atoms with Crippen molar-refractivity contribution in [1.82, 2.24) is 4.98 Å². The summed E-state index contributed by atoms with van der Waals surface area (Å²) in [5, 5.41) is 0. The van der Waals surface area contributed by atoms with Crippen molar-refractivity contribution >= 4 is 17.6 Å². The fourth-order valence-corrected chi connectivity index (χ4v) is 1.98. The van der Waals surface area contributed by atoms with Gasteiger partial charge in [-0.25, -0.2) is 9.59 Å². The second-order valence-electron chi connectivity index (χ2n) is 3.69. The third kappa shape index (κ3) is 1.39. The van der Waals surface area contributed by atoms with Crippen LogP contribution >= 0.6 is 0 Å². The molecule has 5 nitrogen and oxygen atoms in total. The summed E-state index contributed by atoms with van der Waals surface area (Å²) in [6, 6.07) is 0. The molecule has 2 heterocycles. The number of carbonyl (C=O) groups excluding carboxylic acids is 2. The average molecular weight is 220 g/mol.